The second-order valence-corrected chi connectivity index (χ2v) is 8.69. The Labute approximate surface area is 167 Å². The quantitative estimate of drug-likeness (QED) is 0.652. The highest BCUT2D eigenvalue weighted by molar-refractivity contribution is 6.31. The zero-order valence-corrected chi connectivity index (χ0v) is 16.4. The first-order valence-electron chi connectivity index (χ1n) is 9.43. The molecule has 144 valence electrons. The molecule has 6 rings (SSSR count). The number of hydrogen-bond donors (Lipinski definition) is 1. The molecule has 0 amide bonds. The molecule has 2 bridgehead atoms. The minimum absolute atomic E-state index is 0.0769. The van der Waals surface area contributed by atoms with Crippen LogP contribution >= 0.6 is 11.6 Å². The van der Waals surface area contributed by atoms with E-state index in [1.54, 1.807) is 24.5 Å². The van der Waals surface area contributed by atoms with Gasteiger partial charge in [-0.2, -0.15) is 5.10 Å². The zero-order valence-electron chi connectivity index (χ0n) is 15.6. The lowest BCUT2D eigenvalue weighted by molar-refractivity contribution is -0.147. The minimum atomic E-state index is 0.0769. The number of hydrogen-bond acceptors (Lipinski definition) is 5. The second kappa shape index (κ2) is 6.21. The van der Waals surface area contributed by atoms with E-state index in [0.29, 0.717) is 17.2 Å². The van der Waals surface area contributed by atoms with Crippen LogP contribution in [-0.4, -0.2) is 32.5 Å². The summed E-state index contributed by atoms with van der Waals surface area (Å²) in [4.78, 5) is 16.9. The number of anilines is 1. The number of halogens is 1. The van der Waals surface area contributed by atoms with Gasteiger partial charge in [0.1, 0.15) is 17.9 Å². The van der Waals surface area contributed by atoms with E-state index in [0.717, 1.165) is 36.2 Å². The van der Waals surface area contributed by atoms with Crippen molar-refractivity contribution in [2.75, 3.05) is 11.9 Å². The number of aromatic nitrogens is 3. The van der Waals surface area contributed by atoms with Crippen LogP contribution in [0.4, 0.5) is 5.82 Å². The van der Waals surface area contributed by atoms with Gasteiger partial charge in [0.15, 0.2) is 11.6 Å². The third-order valence-electron chi connectivity index (χ3n) is 5.95. The Hall–Kier alpha value is -2.60. The summed E-state index contributed by atoms with van der Waals surface area (Å²) in [6, 6.07) is 7.41. The highest BCUT2D eigenvalue weighted by atomic mass is 35.5. The molecule has 1 N–H and O–H groups in total. The van der Waals surface area contributed by atoms with Crippen LogP contribution in [0.2, 0.25) is 5.02 Å². The monoisotopic (exact) mass is 396 g/mol. The van der Waals surface area contributed by atoms with Gasteiger partial charge in [0.2, 0.25) is 0 Å². The Morgan fingerprint density at radius 2 is 2.11 bits per heavy atom. The van der Waals surface area contributed by atoms with Crippen molar-refractivity contribution in [3.8, 4) is 5.75 Å². The first-order chi connectivity index (χ1) is 13.5. The highest BCUT2D eigenvalue weighted by Gasteiger charge is 2.68. The SMILES string of the molecule is Cc1cc(OCC(=O)CC23CC(Nc4nccn5nccc45)(C2)C3)ccc1Cl. The topological polar surface area (TPSA) is 68.5 Å². The van der Waals surface area contributed by atoms with Gasteiger partial charge in [0, 0.05) is 29.4 Å². The number of nitrogens with one attached hydrogen (secondary N) is 1. The number of benzene rings is 1. The predicted octanol–water partition coefficient (Wildman–Crippen LogP) is 4.06. The normalized spacial score (nSPS) is 25.1. The van der Waals surface area contributed by atoms with Crippen molar-refractivity contribution in [1.82, 2.24) is 14.6 Å². The van der Waals surface area contributed by atoms with Crippen molar-refractivity contribution in [3.05, 3.63) is 53.4 Å². The summed E-state index contributed by atoms with van der Waals surface area (Å²) in [5, 5.41) is 8.54. The predicted molar refractivity (Wildman–Crippen MR) is 107 cm³/mol. The molecular formula is C21H21ClN4O2. The van der Waals surface area contributed by atoms with Crippen molar-refractivity contribution in [2.45, 2.75) is 38.1 Å². The largest absolute Gasteiger partial charge is 0.486 e. The molecule has 2 aromatic heterocycles. The number of nitrogens with zero attached hydrogens (tertiary/aromatic N) is 3. The van der Waals surface area contributed by atoms with Crippen LogP contribution in [0, 0.1) is 12.3 Å². The molecule has 3 fully saturated rings. The molecule has 0 atom stereocenters. The van der Waals surface area contributed by atoms with Crippen molar-refractivity contribution in [2.24, 2.45) is 5.41 Å². The highest BCUT2D eigenvalue weighted by Crippen LogP contribution is 2.70. The molecule has 3 aliphatic carbocycles. The van der Waals surface area contributed by atoms with Crippen molar-refractivity contribution < 1.29 is 9.53 Å². The van der Waals surface area contributed by atoms with Crippen LogP contribution in [0.25, 0.3) is 5.52 Å². The molecule has 3 saturated carbocycles. The van der Waals surface area contributed by atoms with Crippen molar-refractivity contribution in [3.63, 3.8) is 0 Å². The summed E-state index contributed by atoms with van der Waals surface area (Å²) in [6.07, 6.45) is 8.95. The van der Waals surface area contributed by atoms with Gasteiger partial charge in [0.05, 0.1) is 6.20 Å². The molecule has 0 unspecified atom stereocenters. The Balaban J connectivity index is 1.15. The lowest BCUT2D eigenvalue weighted by Gasteiger charge is -2.71. The summed E-state index contributed by atoms with van der Waals surface area (Å²) in [6.45, 7) is 2.03. The fourth-order valence-electron chi connectivity index (χ4n) is 4.86. The number of ketones is 1. The number of fused-ring (bicyclic) bond motifs is 1. The molecule has 7 heteroatoms. The minimum Gasteiger partial charge on any atom is -0.486 e. The first kappa shape index (κ1) is 17.5. The summed E-state index contributed by atoms with van der Waals surface area (Å²) < 4.78 is 7.47. The lowest BCUT2D eigenvalue weighted by atomic mass is 9.38. The van der Waals surface area contributed by atoms with Gasteiger partial charge in [-0.25, -0.2) is 9.50 Å². The van der Waals surface area contributed by atoms with Crippen LogP contribution < -0.4 is 10.1 Å². The number of carbonyl (C=O) groups excluding carboxylic acids is 1. The second-order valence-electron chi connectivity index (χ2n) is 8.29. The average Bonchev–Trinajstić information content (AvgIpc) is 3.09. The summed E-state index contributed by atoms with van der Waals surface area (Å²) in [7, 11) is 0. The fraction of sp³-hybridized carbons (Fsp3) is 0.381. The van der Waals surface area contributed by atoms with Crippen molar-refractivity contribution in [1.29, 1.82) is 0 Å². The third kappa shape index (κ3) is 2.92. The molecule has 2 heterocycles. The van der Waals surface area contributed by atoms with Crippen LogP contribution in [0.3, 0.4) is 0 Å². The van der Waals surface area contributed by atoms with E-state index in [1.807, 2.05) is 29.8 Å². The molecular weight excluding hydrogens is 376 g/mol. The molecule has 0 radical (unpaired) electrons. The van der Waals surface area contributed by atoms with Crippen LogP contribution in [0.5, 0.6) is 5.75 Å². The van der Waals surface area contributed by atoms with Gasteiger partial charge in [-0.1, -0.05) is 11.6 Å². The maximum Gasteiger partial charge on any atom is 0.170 e. The number of carbonyl (C=O) groups is 1. The van der Waals surface area contributed by atoms with E-state index in [4.69, 9.17) is 16.3 Å². The maximum atomic E-state index is 12.4. The standard InChI is InChI=1S/C21H21ClN4O2/c1-14-8-16(2-3-17(14)22)28-10-15(27)9-20-11-21(12-20,13-20)25-19-18-4-5-24-26(18)7-6-23-19/h2-8H,9-13H2,1H3,(H,23,25). The number of rotatable bonds is 7. The van der Waals surface area contributed by atoms with Gasteiger partial charge >= 0.3 is 0 Å². The van der Waals surface area contributed by atoms with E-state index in [2.05, 4.69) is 15.4 Å². The van der Waals surface area contributed by atoms with Gasteiger partial charge in [0.25, 0.3) is 0 Å². The molecule has 3 aromatic rings. The van der Waals surface area contributed by atoms with E-state index >= 15 is 0 Å². The Morgan fingerprint density at radius 3 is 2.89 bits per heavy atom. The van der Waals surface area contributed by atoms with Crippen LogP contribution in [0.1, 0.15) is 31.2 Å². The zero-order chi connectivity index (χ0) is 19.4. The summed E-state index contributed by atoms with van der Waals surface area (Å²) in [5.74, 6) is 1.70. The van der Waals surface area contributed by atoms with Gasteiger partial charge in [-0.3, -0.25) is 4.79 Å². The molecule has 1 aromatic carbocycles. The first-order valence-corrected chi connectivity index (χ1v) is 9.81. The molecule has 6 nitrogen and oxygen atoms in total. The Morgan fingerprint density at radius 1 is 1.29 bits per heavy atom. The average molecular weight is 397 g/mol. The Kier molecular flexibility index (Phi) is 3.88. The smallest absolute Gasteiger partial charge is 0.170 e. The van der Waals surface area contributed by atoms with Gasteiger partial charge in [-0.15, -0.1) is 0 Å². The Bertz CT molecular complexity index is 1060. The van der Waals surface area contributed by atoms with E-state index < -0.39 is 0 Å². The molecule has 0 spiro atoms. The van der Waals surface area contributed by atoms with Gasteiger partial charge < -0.3 is 10.1 Å². The summed E-state index contributed by atoms with van der Waals surface area (Å²) >= 11 is 6.02. The molecule has 0 aliphatic heterocycles. The fourth-order valence-corrected chi connectivity index (χ4v) is 4.98. The number of aryl methyl sites for hydroxylation is 1. The van der Waals surface area contributed by atoms with E-state index in [1.165, 1.54) is 0 Å². The number of Topliss-reactive ketones (excluding diaryl/α,β-unsaturated/α-hetero) is 1. The summed E-state index contributed by atoms with van der Waals surface area (Å²) in [5.41, 5.74) is 2.13. The number of ether oxygens (including phenoxy) is 1. The van der Waals surface area contributed by atoms with Crippen LogP contribution in [0.15, 0.2) is 42.9 Å². The van der Waals surface area contributed by atoms with Crippen LogP contribution in [-0.2, 0) is 4.79 Å². The molecule has 0 saturated heterocycles. The molecule has 3 aliphatic rings. The van der Waals surface area contributed by atoms with E-state index in [-0.39, 0.29) is 23.3 Å². The lowest BCUT2D eigenvalue weighted by Crippen LogP contribution is -2.71. The molecule has 28 heavy (non-hydrogen) atoms. The van der Waals surface area contributed by atoms with Crippen molar-refractivity contribution >= 4 is 28.7 Å². The van der Waals surface area contributed by atoms with E-state index in [9.17, 15) is 4.79 Å². The maximum absolute atomic E-state index is 12.4. The third-order valence-corrected chi connectivity index (χ3v) is 6.37. The van der Waals surface area contributed by atoms with Gasteiger partial charge in [-0.05, 0) is 61.4 Å².